The number of aliphatic hydroxyl groups excluding tert-OH is 1. The minimum atomic E-state index is -0.752. The molecule has 4 heteroatoms. The first kappa shape index (κ1) is 14.9. The van der Waals surface area contributed by atoms with Gasteiger partial charge in [-0.3, -0.25) is 0 Å². The topological polar surface area (TPSA) is 32.7 Å². The van der Waals surface area contributed by atoms with Gasteiger partial charge in [-0.25, -0.2) is 4.39 Å². The van der Waals surface area contributed by atoms with E-state index in [2.05, 4.69) is 0 Å². The highest BCUT2D eigenvalue weighted by atomic mass is 19.1. The zero-order valence-corrected chi connectivity index (χ0v) is 11.7. The molecule has 0 bridgehead atoms. The molecule has 0 spiro atoms. The van der Waals surface area contributed by atoms with Gasteiger partial charge in [0, 0.05) is 5.54 Å². The maximum atomic E-state index is 13.7. The summed E-state index contributed by atoms with van der Waals surface area (Å²) in [6.07, 6.45) is 0.00681. The summed E-state index contributed by atoms with van der Waals surface area (Å²) < 4.78 is 18.5. The minimum absolute atomic E-state index is 0.189. The van der Waals surface area contributed by atoms with Crippen LogP contribution in [0.1, 0.15) is 31.9 Å². The van der Waals surface area contributed by atoms with Gasteiger partial charge in [0.1, 0.15) is 0 Å². The Labute approximate surface area is 108 Å². The molecule has 0 saturated heterocycles. The zero-order valence-electron chi connectivity index (χ0n) is 11.7. The highest BCUT2D eigenvalue weighted by Crippen LogP contribution is 2.34. The number of nitrogens with zero attached hydrogens (tertiary/aromatic N) is 1. The molecule has 1 rings (SSSR count). The van der Waals surface area contributed by atoms with Gasteiger partial charge < -0.3 is 14.7 Å². The third-order valence-electron chi connectivity index (χ3n) is 3.82. The van der Waals surface area contributed by atoms with Gasteiger partial charge in [0.05, 0.1) is 13.2 Å². The molecule has 1 aromatic carbocycles. The molecule has 3 nitrogen and oxygen atoms in total. The molecule has 0 radical (unpaired) electrons. The highest BCUT2D eigenvalue weighted by Gasteiger charge is 2.34. The molecule has 2 atom stereocenters. The Morgan fingerprint density at radius 1 is 1.44 bits per heavy atom. The van der Waals surface area contributed by atoms with E-state index in [4.69, 9.17) is 4.74 Å². The Bertz CT molecular complexity index is 409. The standard InChI is InChI=1S/C14H22FNO2/c1-6-14(2,16(3)4)13(17)10-7-8-12(18-5)11(15)9-10/h7-9,13,17H,6H2,1-5H3. The predicted octanol–water partition coefficient (Wildman–Crippen LogP) is 2.60. The molecule has 1 N–H and O–H groups in total. The minimum Gasteiger partial charge on any atom is -0.494 e. The number of ether oxygens (including phenoxy) is 1. The summed E-state index contributed by atoms with van der Waals surface area (Å²) in [5.41, 5.74) is 0.132. The van der Waals surface area contributed by atoms with Crippen LogP contribution in [0.4, 0.5) is 4.39 Å². The monoisotopic (exact) mass is 255 g/mol. The van der Waals surface area contributed by atoms with E-state index in [1.54, 1.807) is 12.1 Å². The van der Waals surface area contributed by atoms with Gasteiger partial charge in [0.15, 0.2) is 11.6 Å². The third-order valence-corrected chi connectivity index (χ3v) is 3.82. The van der Waals surface area contributed by atoms with Gasteiger partial charge in [0.25, 0.3) is 0 Å². The maximum absolute atomic E-state index is 13.7. The van der Waals surface area contributed by atoms with E-state index in [0.717, 1.165) is 6.42 Å². The Balaban J connectivity index is 3.10. The first-order valence-electron chi connectivity index (χ1n) is 6.05. The number of likely N-dealkylation sites (N-methyl/N-ethyl adjacent to an activating group) is 1. The number of hydrogen-bond acceptors (Lipinski definition) is 3. The van der Waals surface area contributed by atoms with Crippen LogP contribution in [-0.4, -0.2) is 36.8 Å². The molecule has 18 heavy (non-hydrogen) atoms. The Hall–Kier alpha value is -1.13. The van der Waals surface area contributed by atoms with Crippen molar-refractivity contribution in [2.45, 2.75) is 31.9 Å². The summed E-state index contributed by atoms with van der Waals surface area (Å²) in [6.45, 7) is 3.96. The molecular weight excluding hydrogens is 233 g/mol. The molecule has 0 aliphatic heterocycles. The van der Waals surface area contributed by atoms with Crippen LogP contribution >= 0.6 is 0 Å². The molecule has 102 valence electrons. The van der Waals surface area contributed by atoms with Crippen LogP contribution in [0, 0.1) is 5.82 Å². The average molecular weight is 255 g/mol. The normalized spacial score (nSPS) is 16.4. The molecule has 0 heterocycles. The van der Waals surface area contributed by atoms with E-state index < -0.39 is 17.5 Å². The average Bonchev–Trinajstić information content (AvgIpc) is 2.36. The summed E-state index contributed by atoms with van der Waals surface area (Å²) >= 11 is 0. The van der Waals surface area contributed by atoms with Crippen molar-refractivity contribution >= 4 is 0 Å². The smallest absolute Gasteiger partial charge is 0.165 e. The van der Waals surface area contributed by atoms with Gasteiger partial charge >= 0.3 is 0 Å². The van der Waals surface area contributed by atoms with Gasteiger partial charge in [-0.1, -0.05) is 13.0 Å². The van der Waals surface area contributed by atoms with E-state index in [0.29, 0.717) is 5.56 Å². The summed E-state index contributed by atoms with van der Waals surface area (Å²) in [5.74, 6) is -0.264. The molecule has 0 amide bonds. The van der Waals surface area contributed by atoms with Crippen LogP contribution in [0.3, 0.4) is 0 Å². The summed E-state index contributed by atoms with van der Waals surface area (Å²) in [7, 11) is 5.24. The SMILES string of the molecule is CCC(C)(C(O)c1ccc(OC)c(F)c1)N(C)C. The van der Waals surface area contributed by atoms with E-state index in [1.807, 2.05) is 32.8 Å². The Morgan fingerprint density at radius 3 is 2.44 bits per heavy atom. The third kappa shape index (κ3) is 2.65. The van der Waals surface area contributed by atoms with Gasteiger partial charge in [-0.15, -0.1) is 0 Å². The first-order chi connectivity index (χ1) is 8.36. The van der Waals surface area contributed by atoms with Crippen molar-refractivity contribution < 1.29 is 14.2 Å². The van der Waals surface area contributed by atoms with Crippen LogP contribution in [0.25, 0.3) is 0 Å². The first-order valence-corrected chi connectivity index (χ1v) is 6.05. The summed E-state index contributed by atoms with van der Waals surface area (Å²) in [4.78, 5) is 1.96. The Morgan fingerprint density at radius 2 is 2.06 bits per heavy atom. The molecule has 0 aromatic heterocycles. The van der Waals surface area contributed by atoms with E-state index in [1.165, 1.54) is 13.2 Å². The molecule has 0 saturated carbocycles. The predicted molar refractivity (Wildman–Crippen MR) is 70.3 cm³/mol. The fourth-order valence-corrected chi connectivity index (χ4v) is 1.97. The number of hydrogen-bond donors (Lipinski definition) is 1. The largest absolute Gasteiger partial charge is 0.494 e. The number of aliphatic hydroxyl groups is 1. The summed E-state index contributed by atoms with van der Waals surface area (Å²) in [6, 6.07) is 4.57. The highest BCUT2D eigenvalue weighted by molar-refractivity contribution is 5.31. The second-order valence-corrected chi connectivity index (χ2v) is 4.90. The molecule has 0 fully saturated rings. The quantitative estimate of drug-likeness (QED) is 0.878. The van der Waals surface area contributed by atoms with Gasteiger partial charge in [-0.05, 0) is 45.1 Å². The van der Waals surface area contributed by atoms with Crippen LogP contribution < -0.4 is 4.74 Å². The van der Waals surface area contributed by atoms with Gasteiger partial charge in [-0.2, -0.15) is 0 Å². The zero-order chi connectivity index (χ0) is 13.9. The number of methoxy groups -OCH3 is 1. The van der Waals surface area contributed by atoms with E-state index in [9.17, 15) is 9.50 Å². The lowest BCUT2D eigenvalue weighted by Gasteiger charge is -2.40. The molecular formula is C14H22FNO2. The Kier molecular flexibility index (Phi) is 4.71. The van der Waals surface area contributed by atoms with Crippen LogP contribution in [-0.2, 0) is 0 Å². The van der Waals surface area contributed by atoms with Crippen LogP contribution in [0.5, 0.6) is 5.75 Å². The van der Waals surface area contributed by atoms with Crippen molar-refractivity contribution in [2.24, 2.45) is 0 Å². The van der Waals surface area contributed by atoms with Crippen molar-refractivity contribution in [2.75, 3.05) is 21.2 Å². The summed E-state index contributed by atoms with van der Waals surface area (Å²) in [5, 5.41) is 10.4. The molecule has 0 aliphatic rings. The number of rotatable bonds is 5. The van der Waals surface area contributed by atoms with Crippen molar-refractivity contribution in [3.63, 3.8) is 0 Å². The van der Waals surface area contributed by atoms with E-state index in [-0.39, 0.29) is 5.75 Å². The lowest BCUT2D eigenvalue weighted by molar-refractivity contribution is 0.000671. The second kappa shape index (κ2) is 5.67. The molecule has 1 aromatic rings. The molecule has 0 aliphatic carbocycles. The number of halogens is 1. The van der Waals surface area contributed by atoms with Crippen molar-refractivity contribution in [1.29, 1.82) is 0 Å². The maximum Gasteiger partial charge on any atom is 0.165 e. The lowest BCUT2D eigenvalue weighted by atomic mass is 9.86. The van der Waals surface area contributed by atoms with Crippen molar-refractivity contribution in [3.8, 4) is 5.75 Å². The fraction of sp³-hybridized carbons (Fsp3) is 0.571. The number of benzene rings is 1. The molecule has 2 unspecified atom stereocenters. The van der Waals surface area contributed by atoms with Crippen molar-refractivity contribution in [3.05, 3.63) is 29.6 Å². The fourth-order valence-electron chi connectivity index (χ4n) is 1.97. The van der Waals surface area contributed by atoms with Crippen LogP contribution in [0.15, 0.2) is 18.2 Å². The van der Waals surface area contributed by atoms with E-state index >= 15 is 0 Å². The van der Waals surface area contributed by atoms with Crippen LogP contribution in [0.2, 0.25) is 0 Å². The lowest BCUT2D eigenvalue weighted by Crippen LogP contribution is -2.46. The van der Waals surface area contributed by atoms with Crippen molar-refractivity contribution in [1.82, 2.24) is 4.90 Å². The second-order valence-electron chi connectivity index (χ2n) is 4.90. The van der Waals surface area contributed by atoms with Gasteiger partial charge in [0.2, 0.25) is 0 Å².